The van der Waals surface area contributed by atoms with Gasteiger partial charge >= 0.3 is 5.97 Å². The number of carbonyl (C=O) groups is 1. The highest BCUT2D eigenvalue weighted by Gasteiger charge is 2.23. The van der Waals surface area contributed by atoms with Gasteiger partial charge in [-0.25, -0.2) is 4.79 Å². The Morgan fingerprint density at radius 3 is 2.40 bits per heavy atom. The Hall–Kier alpha value is -1.44. The lowest BCUT2D eigenvalue weighted by atomic mass is 10.2. The zero-order valence-corrected chi connectivity index (χ0v) is 12.5. The molecule has 1 rings (SSSR count). The van der Waals surface area contributed by atoms with E-state index < -0.39 is 16.1 Å². The van der Waals surface area contributed by atoms with Crippen LogP contribution in [-0.4, -0.2) is 56.4 Å². The lowest BCUT2D eigenvalue weighted by molar-refractivity contribution is -0.880. The normalized spacial score (nSPS) is 12.2. The van der Waals surface area contributed by atoms with Crippen molar-refractivity contribution in [3.63, 3.8) is 0 Å². The number of benzene rings is 1. The molecule has 112 valence electrons. The lowest BCUT2D eigenvalue weighted by Crippen LogP contribution is -2.47. The summed E-state index contributed by atoms with van der Waals surface area (Å²) < 4.78 is 35.4. The molecule has 1 N–H and O–H groups in total. The van der Waals surface area contributed by atoms with Gasteiger partial charge in [0.1, 0.15) is 12.4 Å². The van der Waals surface area contributed by atoms with E-state index in [0.717, 1.165) is 5.56 Å². The molecule has 1 aromatic carbocycles. The number of quaternary nitrogens is 1. The highest BCUT2D eigenvalue weighted by atomic mass is 32.2. The summed E-state index contributed by atoms with van der Waals surface area (Å²) in [5, 5.41) is 0. The maximum Gasteiger partial charge on any atom is 0.362 e. The molecule has 0 amide bonds. The summed E-state index contributed by atoms with van der Waals surface area (Å²) in [6.45, 7) is 0.375. The number of ether oxygens (including phenoxy) is 1. The second-order valence-corrected chi connectivity index (χ2v) is 6.82. The number of likely N-dealkylation sites (N-methyl/N-ethyl adjacent to an activating group) is 1. The molecule has 0 spiro atoms. The highest BCUT2D eigenvalue weighted by molar-refractivity contribution is 7.85. The molecule has 0 radical (unpaired) electrons. The number of hydrogen-bond acceptors (Lipinski definition) is 4. The van der Waals surface area contributed by atoms with Crippen molar-refractivity contribution in [3.05, 3.63) is 35.9 Å². The zero-order chi connectivity index (χ0) is 15.2. The number of hydrogen-bond donors (Lipinski definition) is 1. The van der Waals surface area contributed by atoms with Gasteiger partial charge < -0.3 is 9.22 Å². The molecule has 0 aliphatic carbocycles. The molecule has 7 heteroatoms. The van der Waals surface area contributed by atoms with Crippen LogP contribution in [0.15, 0.2) is 30.3 Å². The van der Waals surface area contributed by atoms with Crippen molar-refractivity contribution in [3.8, 4) is 0 Å². The third kappa shape index (κ3) is 7.22. The number of esters is 1. The third-order valence-corrected chi connectivity index (χ3v) is 3.45. The van der Waals surface area contributed by atoms with Crippen LogP contribution in [-0.2, 0) is 26.3 Å². The second kappa shape index (κ2) is 6.83. The van der Waals surface area contributed by atoms with E-state index in [4.69, 9.17) is 9.29 Å². The Kier molecular flexibility index (Phi) is 5.67. The molecule has 0 aliphatic heterocycles. The molecule has 0 heterocycles. The van der Waals surface area contributed by atoms with Crippen LogP contribution in [0.1, 0.15) is 5.56 Å². The number of carbonyl (C=O) groups excluding carboxylic acids is 1. The van der Waals surface area contributed by atoms with Crippen molar-refractivity contribution < 1.29 is 27.0 Å². The SMILES string of the molecule is C[N+](C)(CCS(=O)(=O)O)CC(=O)OCc1ccccc1. The van der Waals surface area contributed by atoms with Crippen LogP contribution >= 0.6 is 0 Å². The van der Waals surface area contributed by atoms with Crippen molar-refractivity contribution in [1.82, 2.24) is 0 Å². The van der Waals surface area contributed by atoms with Crippen molar-refractivity contribution in [2.24, 2.45) is 0 Å². The average Bonchev–Trinajstić information content (AvgIpc) is 2.34. The first-order valence-electron chi connectivity index (χ1n) is 6.15. The third-order valence-electron chi connectivity index (χ3n) is 2.75. The Bertz CT molecular complexity index is 539. The van der Waals surface area contributed by atoms with Gasteiger partial charge in [0.2, 0.25) is 0 Å². The molecule has 0 saturated carbocycles. The van der Waals surface area contributed by atoms with Crippen LogP contribution in [0.3, 0.4) is 0 Å². The predicted octanol–water partition coefficient (Wildman–Crippen LogP) is 0.694. The van der Waals surface area contributed by atoms with Crippen LogP contribution in [0, 0.1) is 0 Å². The first kappa shape index (κ1) is 16.6. The number of rotatable bonds is 7. The molecule has 0 aromatic heterocycles. The summed E-state index contributed by atoms with van der Waals surface area (Å²) in [4.78, 5) is 11.7. The molecule has 0 aliphatic rings. The molecule has 6 nitrogen and oxygen atoms in total. The van der Waals surface area contributed by atoms with Crippen molar-refractivity contribution in [2.75, 3.05) is 32.9 Å². The minimum atomic E-state index is -4.02. The fourth-order valence-corrected chi connectivity index (χ4v) is 2.30. The van der Waals surface area contributed by atoms with Gasteiger partial charge in [-0.1, -0.05) is 30.3 Å². The van der Waals surface area contributed by atoms with E-state index >= 15 is 0 Å². The van der Waals surface area contributed by atoms with Gasteiger partial charge in [0.15, 0.2) is 6.54 Å². The van der Waals surface area contributed by atoms with Gasteiger partial charge in [0.25, 0.3) is 10.1 Å². The summed E-state index contributed by atoms with van der Waals surface area (Å²) in [7, 11) is -0.609. The quantitative estimate of drug-likeness (QED) is 0.455. The van der Waals surface area contributed by atoms with Crippen LogP contribution < -0.4 is 0 Å². The molecule has 0 fully saturated rings. The van der Waals surface area contributed by atoms with E-state index in [1.165, 1.54) is 0 Å². The van der Waals surface area contributed by atoms with Gasteiger partial charge in [-0.3, -0.25) is 4.55 Å². The van der Waals surface area contributed by atoms with E-state index in [1.54, 1.807) is 14.1 Å². The van der Waals surface area contributed by atoms with Gasteiger partial charge in [-0.15, -0.1) is 0 Å². The fraction of sp³-hybridized carbons (Fsp3) is 0.462. The summed E-state index contributed by atoms with van der Waals surface area (Å²) >= 11 is 0. The topological polar surface area (TPSA) is 80.7 Å². The Balaban J connectivity index is 2.41. The Morgan fingerprint density at radius 1 is 1.25 bits per heavy atom. The van der Waals surface area contributed by atoms with E-state index in [0.29, 0.717) is 0 Å². The van der Waals surface area contributed by atoms with E-state index in [9.17, 15) is 13.2 Å². The summed E-state index contributed by atoms with van der Waals surface area (Å²) in [5.74, 6) is -0.791. The molecule has 0 atom stereocenters. The number of nitrogens with zero attached hydrogens (tertiary/aromatic N) is 1. The minimum absolute atomic E-state index is 0.0440. The first-order valence-corrected chi connectivity index (χ1v) is 7.76. The van der Waals surface area contributed by atoms with Crippen LogP contribution in [0.25, 0.3) is 0 Å². The fourth-order valence-electron chi connectivity index (χ4n) is 1.57. The van der Waals surface area contributed by atoms with Crippen molar-refractivity contribution in [2.45, 2.75) is 6.61 Å². The monoisotopic (exact) mass is 302 g/mol. The van der Waals surface area contributed by atoms with Crippen LogP contribution in [0.5, 0.6) is 0 Å². The van der Waals surface area contributed by atoms with E-state index in [1.807, 2.05) is 30.3 Å². The molecule has 0 bridgehead atoms. The van der Waals surface area contributed by atoms with E-state index in [-0.39, 0.29) is 29.9 Å². The van der Waals surface area contributed by atoms with Crippen LogP contribution in [0.2, 0.25) is 0 Å². The summed E-state index contributed by atoms with van der Waals surface area (Å²) in [6.07, 6.45) is 0. The van der Waals surface area contributed by atoms with Gasteiger partial charge in [-0.05, 0) is 5.56 Å². The molecular formula is C13H20NO5S+. The summed E-state index contributed by atoms with van der Waals surface area (Å²) in [5.41, 5.74) is 0.893. The second-order valence-electron chi connectivity index (χ2n) is 5.25. The molecular weight excluding hydrogens is 282 g/mol. The largest absolute Gasteiger partial charge is 0.457 e. The Labute approximate surface area is 119 Å². The lowest BCUT2D eigenvalue weighted by Gasteiger charge is -2.27. The maximum atomic E-state index is 11.7. The van der Waals surface area contributed by atoms with Gasteiger partial charge in [-0.2, -0.15) is 8.42 Å². The Morgan fingerprint density at radius 2 is 1.85 bits per heavy atom. The maximum absolute atomic E-state index is 11.7. The molecule has 20 heavy (non-hydrogen) atoms. The standard InChI is InChI=1S/C13H19NO5S/c1-14(2,8-9-20(16,17)18)10-13(15)19-11-12-6-4-3-5-7-12/h3-7H,8-11H2,1-2H3/p+1. The first-order chi connectivity index (χ1) is 9.18. The molecule has 1 aromatic rings. The summed E-state index contributed by atoms with van der Waals surface area (Å²) in [6, 6.07) is 9.29. The smallest absolute Gasteiger partial charge is 0.362 e. The van der Waals surface area contributed by atoms with E-state index in [2.05, 4.69) is 0 Å². The van der Waals surface area contributed by atoms with Crippen LogP contribution in [0.4, 0.5) is 0 Å². The van der Waals surface area contributed by atoms with Gasteiger partial charge in [0, 0.05) is 0 Å². The minimum Gasteiger partial charge on any atom is -0.457 e. The highest BCUT2D eigenvalue weighted by Crippen LogP contribution is 2.03. The van der Waals surface area contributed by atoms with Crippen molar-refractivity contribution >= 4 is 16.1 Å². The molecule has 0 unspecified atom stereocenters. The zero-order valence-electron chi connectivity index (χ0n) is 11.7. The predicted molar refractivity (Wildman–Crippen MR) is 74.5 cm³/mol. The van der Waals surface area contributed by atoms with Crippen molar-refractivity contribution in [1.29, 1.82) is 0 Å². The molecule has 0 saturated heterocycles. The van der Waals surface area contributed by atoms with Gasteiger partial charge in [0.05, 0.1) is 20.6 Å². The average molecular weight is 302 g/mol.